The van der Waals surface area contributed by atoms with Crippen molar-refractivity contribution in [1.82, 2.24) is 4.90 Å². The maximum absolute atomic E-state index is 10.4. The van der Waals surface area contributed by atoms with Crippen molar-refractivity contribution >= 4 is 0 Å². The molecule has 0 amide bonds. The van der Waals surface area contributed by atoms with Gasteiger partial charge in [0, 0.05) is 35.8 Å². The third kappa shape index (κ3) is 2.79. The Morgan fingerprint density at radius 2 is 1.68 bits per heavy atom. The molecule has 0 saturated carbocycles. The largest absolute Gasteiger partial charge is 0.504 e. The molecule has 0 radical (unpaired) electrons. The van der Waals surface area contributed by atoms with Crippen molar-refractivity contribution in [3.05, 3.63) is 46.0 Å². The van der Waals surface area contributed by atoms with Crippen molar-refractivity contribution in [3.63, 3.8) is 0 Å². The number of hydrogen-bond acceptors (Lipinski definition) is 6. The summed E-state index contributed by atoms with van der Waals surface area (Å²) in [5, 5.41) is 20.4. The monoisotopic (exact) mass is 385 g/mol. The Labute approximate surface area is 165 Å². The van der Waals surface area contributed by atoms with Gasteiger partial charge in [-0.1, -0.05) is 0 Å². The lowest BCUT2D eigenvalue weighted by atomic mass is 9.79. The predicted octanol–water partition coefficient (Wildman–Crippen LogP) is 2.95. The fourth-order valence-electron chi connectivity index (χ4n) is 4.80. The van der Waals surface area contributed by atoms with Gasteiger partial charge in [0.2, 0.25) is 0 Å². The number of ether oxygens (including phenoxy) is 3. The lowest BCUT2D eigenvalue weighted by Gasteiger charge is -2.46. The number of nitrogens with zero attached hydrogens (tertiary/aromatic N) is 1. The first-order valence-corrected chi connectivity index (χ1v) is 9.54. The number of aromatic hydroxyl groups is 1. The standard InChI is InChI=1S/C22H27NO5/c1-12-5-13-6-22(28-4)19(25)8-14(13)18-7-15-16(10-23(12)18)20(26-2)9-21(27-3)17(15)11-24/h6,8-9,12,18,24-25H,5,7,10-11H2,1-4H3/t12-,18?/m1/s1. The molecule has 6 heteroatoms. The zero-order valence-electron chi connectivity index (χ0n) is 16.8. The molecule has 1 unspecified atom stereocenters. The van der Waals surface area contributed by atoms with Crippen LogP contribution in [0.1, 0.15) is 40.8 Å². The molecule has 0 bridgehead atoms. The molecule has 2 aliphatic rings. The third-order valence-corrected chi connectivity index (χ3v) is 6.20. The van der Waals surface area contributed by atoms with Crippen LogP contribution < -0.4 is 14.2 Å². The van der Waals surface area contributed by atoms with Crippen molar-refractivity contribution < 1.29 is 24.4 Å². The molecule has 0 aromatic heterocycles. The van der Waals surface area contributed by atoms with Gasteiger partial charge in [-0.2, -0.15) is 0 Å². The SMILES string of the molecule is COc1cc2c(cc1O)C1Cc3c(CO)c(OC)cc(OC)c3CN1[C@H](C)C2. The molecule has 6 nitrogen and oxygen atoms in total. The number of rotatable bonds is 4. The van der Waals surface area contributed by atoms with E-state index in [0.29, 0.717) is 17.5 Å². The number of aliphatic hydroxyl groups excluding tert-OH is 1. The van der Waals surface area contributed by atoms with Crippen molar-refractivity contribution in [3.8, 4) is 23.0 Å². The Morgan fingerprint density at radius 3 is 2.32 bits per heavy atom. The summed E-state index contributed by atoms with van der Waals surface area (Å²) in [4.78, 5) is 2.45. The molecular formula is C22H27NO5. The highest BCUT2D eigenvalue weighted by atomic mass is 16.5. The van der Waals surface area contributed by atoms with E-state index in [9.17, 15) is 10.2 Å². The van der Waals surface area contributed by atoms with Crippen LogP contribution >= 0.6 is 0 Å². The summed E-state index contributed by atoms with van der Waals surface area (Å²) in [5.74, 6) is 2.11. The highest BCUT2D eigenvalue weighted by Crippen LogP contribution is 2.47. The van der Waals surface area contributed by atoms with E-state index in [2.05, 4.69) is 11.8 Å². The predicted molar refractivity (Wildman–Crippen MR) is 105 cm³/mol. The van der Waals surface area contributed by atoms with Crippen LogP contribution in [0.4, 0.5) is 0 Å². The number of methoxy groups -OCH3 is 3. The average Bonchev–Trinajstić information content (AvgIpc) is 2.71. The van der Waals surface area contributed by atoms with Crippen LogP contribution in [-0.2, 0) is 26.0 Å². The number of aliphatic hydroxyl groups is 1. The van der Waals surface area contributed by atoms with E-state index in [1.165, 1.54) is 5.56 Å². The van der Waals surface area contributed by atoms with Crippen LogP contribution in [0.15, 0.2) is 18.2 Å². The normalized spacial score (nSPS) is 20.8. The van der Waals surface area contributed by atoms with Crippen LogP contribution in [0.2, 0.25) is 0 Å². The first kappa shape index (κ1) is 18.9. The highest BCUT2D eigenvalue weighted by molar-refractivity contribution is 5.56. The van der Waals surface area contributed by atoms with Gasteiger partial charge in [0.1, 0.15) is 11.5 Å². The van der Waals surface area contributed by atoms with Crippen molar-refractivity contribution in [1.29, 1.82) is 0 Å². The molecular weight excluding hydrogens is 358 g/mol. The average molecular weight is 385 g/mol. The van der Waals surface area contributed by atoms with E-state index in [4.69, 9.17) is 14.2 Å². The minimum atomic E-state index is -0.0848. The van der Waals surface area contributed by atoms with Crippen molar-refractivity contribution in [2.75, 3.05) is 21.3 Å². The van der Waals surface area contributed by atoms with Crippen LogP contribution in [0.3, 0.4) is 0 Å². The lowest BCUT2D eigenvalue weighted by Crippen LogP contribution is -2.45. The Balaban J connectivity index is 1.87. The van der Waals surface area contributed by atoms with E-state index in [0.717, 1.165) is 47.4 Å². The quantitative estimate of drug-likeness (QED) is 0.843. The van der Waals surface area contributed by atoms with Gasteiger partial charge in [0.15, 0.2) is 11.5 Å². The van der Waals surface area contributed by atoms with E-state index < -0.39 is 0 Å². The Hall–Kier alpha value is -2.44. The van der Waals surface area contributed by atoms with Gasteiger partial charge in [-0.05, 0) is 48.6 Å². The third-order valence-electron chi connectivity index (χ3n) is 6.20. The summed E-state index contributed by atoms with van der Waals surface area (Å²) in [6, 6.07) is 6.10. The van der Waals surface area contributed by atoms with Crippen LogP contribution in [0.5, 0.6) is 23.0 Å². The summed E-state index contributed by atoms with van der Waals surface area (Å²) >= 11 is 0. The Bertz CT molecular complexity index is 911. The van der Waals surface area contributed by atoms with Gasteiger partial charge in [-0.3, -0.25) is 4.90 Å². The molecule has 150 valence electrons. The van der Waals surface area contributed by atoms with Gasteiger partial charge < -0.3 is 24.4 Å². The minimum absolute atomic E-state index is 0.0848. The first-order chi connectivity index (χ1) is 13.5. The smallest absolute Gasteiger partial charge is 0.160 e. The van der Waals surface area contributed by atoms with E-state index >= 15 is 0 Å². The fraction of sp³-hybridized carbons (Fsp3) is 0.455. The van der Waals surface area contributed by atoms with Gasteiger partial charge >= 0.3 is 0 Å². The number of benzene rings is 2. The molecule has 2 aromatic rings. The molecule has 2 atom stereocenters. The van der Waals surface area contributed by atoms with Gasteiger partial charge in [-0.25, -0.2) is 0 Å². The topological polar surface area (TPSA) is 71.4 Å². The molecule has 28 heavy (non-hydrogen) atoms. The number of phenols is 1. The summed E-state index contributed by atoms with van der Waals surface area (Å²) in [5.41, 5.74) is 5.32. The fourth-order valence-corrected chi connectivity index (χ4v) is 4.80. The molecule has 4 rings (SSSR count). The minimum Gasteiger partial charge on any atom is -0.504 e. The van der Waals surface area contributed by atoms with Crippen molar-refractivity contribution in [2.24, 2.45) is 0 Å². The number of phenolic OH excluding ortho intramolecular Hbond substituents is 1. The van der Waals surface area contributed by atoms with Gasteiger partial charge in [0.25, 0.3) is 0 Å². The Morgan fingerprint density at radius 1 is 0.964 bits per heavy atom. The van der Waals surface area contributed by atoms with E-state index in [1.807, 2.05) is 18.2 Å². The maximum atomic E-state index is 10.4. The molecule has 2 aromatic carbocycles. The molecule has 0 spiro atoms. The highest BCUT2D eigenvalue weighted by Gasteiger charge is 2.39. The zero-order valence-corrected chi connectivity index (χ0v) is 16.8. The zero-order chi connectivity index (χ0) is 20.0. The van der Waals surface area contributed by atoms with Crippen LogP contribution in [0.25, 0.3) is 0 Å². The number of fused-ring (bicyclic) bond motifs is 4. The van der Waals surface area contributed by atoms with E-state index in [-0.39, 0.29) is 18.4 Å². The summed E-state index contributed by atoms with van der Waals surface area (Å²) < 4.78 is 16.5. The van der Waals surface area contributed by atoms with Gasteiger partial charge in [-0.15, -0.1) is 0 Å². The molecule has 2 heterocycles. The second-order valence-corrected chi connectivity index (χ2v) is 7.54. The number of hydrogen-bond donors (Lipinski definition) is 2. The molecule has 0 fully saturated rings. The van der Waals surface area contributed by atoms with Crippen LogP contribution in [-0.4, -0.2) is 42.5 Å². The van der Waals surface area contributed by atoms with Gasteiger partial charge in [0.05, 0.1) is 27.9 Å². The summed E-state index contributed by atoms with van der Waals surface area (Å²) in [7, 11) is 4.85. The van der Waals surface area contributed by atoms with Crippen molar-refractivity contribution in [2.45, 2.75) is 45.0 Å². The lowest BCUT2D eigenvalue weighted by molar-refractivity contribution is 0.103. The molecule has 0 saturated heterocycles. The molecule has 2 N–H and O–H groups in total. The van der Waals surface area contributed by atoms with Crippen LogP contribution in [0, 0.1) is 0 Å². The molecule has 2 aliphatic heterocycles. The first-order valence-electron chi connectivity index (χ1n) is 9.54. The second kappa shape index (κ2) is 7.18. The second-order valence-electron chi connectivity index (χ2n) is 7.54. The maximum Gasteiger partial charge on any atom is 0.160 e. The van der Waals surface area contributed by atoms with E-state index in [1.54, 1.807) is 21.3 Å². The molecule has 0 aliphatic carbocycles. The Kier molecular flexibility index (Phi) is 4.85. The summed E-state index contributed by atoms with van der Waals surface area (Å²) in [6.07, 6.45) is 1.62. The summed E-state index contributed by atoms with van der Waals surface area (Å²) in [6.45, 7) is 2.87.